The Morgan fingerprint density at radius 1 is 1.33 bits per heavy atom. The Balaban J connectivity index is 2.46. The molecule has 0 aliphatic heterocycles. The summed E-state index contributed by atoms with van der Waals surface area (Å²) in [6, 6.07) is 9.03. The summed E-state index contributed by atoms with van der Waals surface area (Å²) in [5.41, 5.74) is 1.68. The van der Waals surface area contributed by atoms with Gasteiger partial charge in [-0.25, -0.2) is 0 Å². The van der Waals surface area contributed by atoms with Gasteiger partial charge in [-0.2, -0.15) is 0 Å². The molecule has 0 aliphatic carbocycles. The van der Waals surface area contributed by atoms with Crippen molar-refractivity contribution in [3.63, 3.8) is 0 Å². The monoisotopic (exact) mass is 264 g/mol. The fourth-order valence-electron chi connectivity index (χ4n) is 1.35. The van der Waals surface area contributed by atoms with Crippen molar-refractivity contribution in [2.75, 3.05) is 0 Å². The molecule has 1 aromatic heterocycles. The van der Waals surface area contributed by atoms with E-state index in [0.717, 1.165) is 10.0 Å². The summed E-state index contributed by atoms with van der Waals surface area (Å²) in [5.74, 6) is 0.261. The summed E-state index contributed by atoms with van der Waals surface area (Å²) in [6.07, 6.45) is 1.50. The molecule has 0 saturated carbocycles. The molecule has 2 aromatic rings. The molecule has 1 aromatic carbocycles. The number of hydrogen-bond donors (Lipinski definition) is 0. The Kier molecular flexibility index (Phi) is 2.73. The standard InChI is InChI=1S/C12H9BrO2/c1-8-4-5-10(13)9(7-8)12(14)11-3-2-6-15-11/h2-7H,1H3. The Labute approximate surface area is 96.0 Å². The number of furan rings is 1. The maximum Gasteiger partial charge on any atom is 0.229 e. The van der Waals surface area contributed by atoms with Crippen LogP contribution in [0.3, 0.4) is 0 Å². The molecule has 0 N–H and O–H groups in total. The van der Waals surface area contributed by atoms with E-state index in [9.17, 15) is 4.79 Å². The zero-order valence-electron chi connectivity index (χ0n) is 8.16. The van der Waals surface area contributed by atoms with Crippen LogP contribution in [0.2, 0.25) is 0 Å². The molecule has 0 bridgehead atoms. The number of rotatable bonds is 2. The lowest BCUT2D eigenvalue weighted by atomic mass is 10.1. The third kappa shape index (κ3) is 2.02. The molecule has 0 fully saturated rings. The third-order valence-electron chi connectivity index (χ3n) is 2.11. The first-order valence-corrected chi connectivity index (χ1v) is 5.32. The van der Waals surface area contributed by atoms with Gasteiger partial charge >= 0.3 is 0 Å². The first kappa shape index (κ1) is 10.2. The zero-order valence-corrected chi connectivity index (χ0v) is 9.74. The number of halogens is 1. The minimum atomic E-state index is -0.101. The second kappa shape index (κ2) is 4.03. The van der Waals surface area contributed by atoms with Gasteiger partial charge in [-0.1, -0.05) is 27.6 Å². The molecule has 0 radical (unpaired) electrons. The van der Waals surface area contributed by atoms with Crippen molar-refractivity contribution in [1.29, 1.82) is 0 Å². The maximum atomic E-state index is 12.0. The van der Waals surface area contributed by atoms with Crippen LogP contribution in [-0.2, 0) is 0 Å². The van der Waals surface area contributed by atoms with Crippen LogP contribution in [-0.4, -0.2) is 5.78 Å². The number of benzene rings is 1. The van der Waals surface area contributed by atoms with E-state index in [-0.39, 0.29) is 5.78 Å². The van der Waals surface area contributed by atoms with Crippen molar-refractivity contribution in [1.82, 2.24) is 0 Å². The van der Waals surface area contributed by atoms with E-state index in [1.807, 2.05) is 25.1 Å². The van der Waals surface area contributed by atoms with E-state index in [1.54, 1.807) is 12.1 Å². The lowest BCUT2D eigenvalue weighted by Gasteiger charge is -2.02. The Hall–Kier alpha value is -1.35. The van der Waals surface area contributed by atoms with Crippen LogP contribution < -0.4 is 0 Å². The summed E-state index contributed by atoms with van der Waals surface area (Å²) in [5, 5.41) is 0. The minimum absolute atomic E-state index is 0.101. The Bertz CT molecular complexity index is 486. The van der Waals surface area contributed by atoms with Gasteiger partial charge in [-0.05, 0) is 31.2 Å². The van der Waals surface area contributed by atoms with Gasteiger partial charge in [0.25, 0.3) is 0 Å². The van der Waals surface area contributed by atoms with Gasteiger partial charge in [0.05, 0.1) is 6.26 Å². The van der Waals surface area contributed by atoms with Crippen LogP contribution in [0.15, 0.2) is 45.5 Å². The molecule has 2 rings (SSSR count). The number of carbonyl (C=O) groups excluding carboxylic acids is 1. The molecule has 0 spiro atoms. The molecular weight excluding hydrogens is 256 g/mol. The molecule has 3 heteroatoms. The van der Waals surface area contributed by atoms with Crippen molar-refractivity contribution in [3.05, 3.63) is 58.0 Å². The van der Waals surface area contributed by atoms with Gasteiger partial charge in [0.2, 0.25) is 5.78 Å². The van der Waals surface area contributed by atoms with Crippen molar-refractivity contribution >= 4 is 21.7 Å². The molecule has 1 heterocycles. The fraction of sp³-hybridized carbons (Fsp3) is 0.0833. The minimum Gasteiger partial charge on any atom is -0.461 e. The van der Waals surface area contributed by atoms with Gasteiger partial charge in [0.1, 0.15) is 0 Å². The lowest BCUT2D eigenvalue weighted by Crippen LogP contribution is -2.01. The van der Waals surface area contributed by atoms with Crippen molar-refractivity contribution in [2.45, 2.75) is 6.92 Å². The van der Waals surface area contributed by atoms with Crippen LogP contribution in [0.25, 0.3) is 0 Å². The fourth-order valence-corrected chi connectivity index (χ4v) is 1.78. The smallest absolute Gasteiger partial charge is 0.229 e. The topological polar surface area (TPSA) is 30.2 Å². The highest BCUT2D eigenvalue weighted by atomic mass is 79.9. The molecule has 0 saturated heterocycles. The second-order valence-corrected chi connectivity index (χ2v) is 4.14. The van der Waals surface area contributed by atoms with E-state index in [1.165, 1.54) is 6.26 Å². The summed E-state index contributed by atoms with van der Waals surface area (Å²) in [4.78, 5) is 12.0. The van der Waals surface area contributed by atoms with E-state index < -0.39 is 0 Å². The summed E-state index contributed by atoms with van der Waals surface area (Å²) in [7, 11) is 0. The predicted octanol–water partition coefficient (Wildman–Crippen LogP) is 3.58. The quantitative estimate of drug-likeness (QED) is 0.777. The van der Waals surface area contributed by atoms with Gasteiger partial charge in [-0.15, -0.1) is 0 Å². The lowest BCUT2D eigenvalue weighted by molar-refractivity contribution is 0.101. The Morgan fingerprint density at radius 2 is 2.13 bits per heavy atom. The summed E-state index contributed by atoms with van der Waals surface area (Å²) in [6.45, 7) is 1.95. The van der Waals surface area contributed by atoms with Gasteiger partial charge in [-0.3, -0.25) is 4.79 Å². The van der Waals surface area contributed by atoms with Crippen LogP contribution in [0.1, 0.15) is 21.7 Å². The molecule has 0 unspecified atom stereocenters. The predicted molar refractivity (Wildman–Crippen MR) is 61.0 cm³/mol. The van der Waals surface area contributed by atoms with E-state index in [2.05, 4.69) is 15.9 Å². The summed E-state index contributed by atoms with van der Waals surface area (Å²) >= 11 is 3.35. The SMILES string of the molecule is Cc1ccc(Br)c(C(=O)c2ccco2)c1. The first-order chi connectivity index (χ1) is 7.18. The van der Waals surface area contributed by atoms with E-state index in [0.29, 0.717) is 11.3 Å². The number of carbonyl (C=O) groups is 1. The number of ketones is 1. The maximum absolute atomic E-state index is 12.0. The highest BCUT2D eigenvalue weighted by Crippen LogP contribution is 2.21. The molecule has 0 aliphatic rings. The van der Waals surface area contributed by atoms with E-state index in [4.69, 9.17) is 4.42 Å². The molecular formula is C12H9BrO2. The highest BCUT2D eigenvalue weighted by molar-refractivity contribution is 9.10. The molecule has 15 heavy (non-hydrogen) atoms. The van der Waals surface area contributed by atoms with Crippen molar-refractivity contribution in [2.24, 2.45) is 0 Å². The van der Waals surface area contributed by atoms with Crippen molar-refractivity contribution < 1.29 is 9.21 Å². The van der Waals surface area contributed by atoms with Crippen LogP contribution in [0.5, 0.6) is 0 Å². The van der Waals surface area contributed by atoms with Gasteiger partial charge < -0.3 is 4.42 Å². The normalized spacial score (nSPS) is 10.3. The zero-order chi connectivity index (χ0) is 10.8. The largest absolute Gasteiger partial charge is 0.461 e. The van der Waals surface area contributed by atoms with Gasteiger partial charge in [0, 0.05) is 10.0 Å². The van der Waals surface area contributed by atoms with Crippen molar-refractivity contribution in [3.8, 4) is 0 Å². The van der Waals surface area contributed by atoms with Crippen LogP contribution in [0.4, 0.5) is 0 Å². The molecule has 76 valence electrons. The average molecular weight is 265 g/mol. The average Bonchev–Trinajstić information content (AvgIpc) is 2.74. The van der Waals surface area contributed by atoms with Crippen LogP contribution in [0, 0.1) is 6.92 Å². The molecule has 0 atom stereocenters. The number of aryl methyl sites for hydroxylation is 1. The Morgan fingerprint density at radius 3 is 2.80 bits per heavy atom. The van der Waals surface area contributed by atoms with E-state index >= 15 is 0 Å². The third-order valence-corrected chi connectivity index (χ3v) is 2.80. The second-order valence-electron chi connectivity index (χ2n) is 3.29. The van der Waals surface area contributed by atoms with Gasteiger partial charge in [0.15, 0.2) is 5.76 Å². The number of hydrogen-bond acceptors (Lipinski definition) is 2. The molecule has 2 nitrogen and oxygen atoms in total. The van der Waals surface area contributed by atoms with Crippen LogP contribution >= 0.6 is 15.9 Å². The first-order valence-electron chi connectivity index (χ1n) is 4.53. The summed E-state index contributed by atoms with van der Waals surface area (Å²) < 4.78 is 5.86. The molecule has 0 amide bonds. The highest BCUT2D eigenvalue weighted by Gasteiger charge is 2.14.